The summed E-state index contributed by atoms with van der Waals surface area (Å²) in [5.41, 5.74) is 2.17. The number of likely N-dealkylation sites (N-methyl/N-ethyl adjacent to an activating group) is 1. The van der Waals surface area contributed by atoms with Crippen molar-refractivity contribution in [2.24, 2.45) is 0 Å². The average molecular weight is 382 g/mol. The Balaban J connectivity index is 1.92. The summed E-state index contributed by atoms with van der Waals surface area (Å²) in [5.74, 6) is 0. The molecule has 0 amide bonds. The molecule has 0 aliphatic carbocycles. The Bertz CT molecular complexity index is 739. The summed E-state index contributed by atoms with van der Waals surface area (Å²) in [6.07, 6.45) is 0.814. The van der Waals surface area contributed by atoms with Crippen LogP contribution >= 0.6 is 38.9 Å². The van der Waals surface area contributed by atoms with Gasteiger partial charge in [0.2, 0.25) is 0 Å². The third kappa shape index (κ3) is 3.29. The maximum atomic E-state index is 6.30. The van der Waals surface area contributed by atoms with Gasteiger partial charge in [0.25, 0.3) is 0 Å². The van der Waals surface area contributed by atoms with E-state index in [1.165, 1.54) is 4.70 Å². The Morgan fingerprint density at radius 3 is 2.86 bits per heavy atom. The largest absolute Gasteiger partial charge is 0.311 e. The second-order valence-electron chi connectivity index (χ2n) is 4.80. The van der Waals surface area contributed by atoms with Crippen LogP contribution in [0.15, 0.2) is 46.9 Å². The molecule has 0 bridgehead atoms. The molecule has 0 spiro atoms. The van der Waals surface area contributed by atoms with Crippen LogP contribution in [0.1, 0.15) is 16.6 Å². The molecule has 108 valence electrons. The fourth-order valence-corrected chi connectivity index (χ4v) is 3.95. The highest BCUT2D eigenvalue weighted by Gasteiger charge is 2.16. The minimum Gasteiger partial charge on any atom is -0.311 e. The van der Waals surface area contributed by atoms with Crippen LogP contribution in [-0.4, -0.2) is 12.0 Å². The molecule has 3 rings (SSSR count). The lowest BCUT2D eigenvalue weighted by Gasteiger charge is -2.14. The molecule has 1 heterocycles. The molecule has 0 radical (unpaired) electrons. The number of aromatic nitrogens is 1. The highest BCUT2D eigenvalue weighted by Crippen LogP contribution is 2.30. The van der Waals surface area contributed by atoms with Crippen molar-refractivity contribution in [2.45, 2.75) is 12.5 Å². The molecule has 2 nitrogen and oxygen atoms in total. The number of halogens is 2. The van der Waals surface area contributed by atoms with Gasteiger partial charge in [-0.15, -0.1) is 11.3 Å². The molecule has 0 aliphatic rings. The summed E-state index contributed by atoms with van der Waals surface area (Å²) in [4.78, 5) is 4.73. The van der Waals surface area contributed by atoms with E-state index in [1.54, 1.807) is 11.3 Å². The SMILES string of the molecule is CNC(Cc1cc(Br)ccc1Cl)c1nc2ccccc2s1. The second-order valence-corrected chi connectivity index (χ2v) is 7.19. The van der Waals surface area contributed by atoms with E-state index in [0.717, 1.165) is 32.0 Å². The van der Waals surface area contributed by atoms with Crippen molar-refractivity contribution < 1.29 is 0 Å². The van der Waals surface area contributed by atoms with Gasteiger partial charge in [0.15, 0.2) is 0 Å². The van der Waals surface area contributed by atoms with Crippen molar-refractivity contribution in [2.75, 3.05) is 7.05 Å². The number of thiazole rings is 1. The number of fused-ring (bicyclic) bond motifs is 1. The van der Waals surface area contributed by atoms with Gasteiger partial charge >= 0.3 is 0 Å². The zero-order chi connectivity index (χ0) is 14.8. The van der Waals surface area contributed by atoms with E-state index in [4.69, 9.17) is 16.6 Å². The molecule has 0 aliphatic heterocycles. The number of hydrogen-bond acceptors (Lipinski definition) is 3. The van der Waals surface area contributed by atoms with Gasteiger partial charge in [-0.2, -0.15) is 0 Å². The summed E-state index contributed by atoms with van der Waals surface area (Å²) in [6.45, 7) is 0. The molecule has 0 saturated heterocycles. The Hall–Kier alpha value is -0.940. The van der Waals surface area contributed by atoms with Crippen molar-refractivity contribution in [3.05, 3.63) is 62.5 Å². The van der Waals surface area contributed by atoms with Gasteiger partial charge in [-0.1, -0.05) is 39.7 Å². The monoisotopic (exact) mass is 380 g/mol. The topological polar surface area (TPSA) is 24.9 Å². The van der Waals surface area contributed by atoms with Crippen LogP contribution < -0.4 is 5.32 Å². The van der Waals surface area contributed by atoms with Crippen LogP contribution in [0, 0.1) is 0 Å². The molecule has 2 aromatic carbocycles. The Kier molecular flexibility index (Phi) is 4.60. The number of para-hydroxylation sites is 1. The van der Waals surface area contributed by atoms with E-state index in [9.17, 15) is 0 Å². The zero-order valence-electron chi connectivity index (χ0n) is 11.4. The van der Waals surface area contributed by atoms with Gasteiger partial charge in [-0.25, -0.2) is 4.98 Å². The summed E-state index contributed by atoms with van der Waals surface area (Å²) in [5, 5.41) is 5.23. The van der Waals surface area contributed by atoms with Crippen LogP contribution in [0.4, 0.5) is 0 Å². The average Bonchev–Trinajstić information content (AvgIpc) is 2.91. The maximum Gasteiger partial charge on any atom is 0.111 e. The van der Waals surface area contributed by atoms with Crippen molar-refractivity contribution in [3.63, 3.8) is 0 Å². The van der Waals surface area contributed by atoms with Crippen LogP contribution in [-0.2, 0) is 6.42 Å². The molecule has 5 heteroatoms. The number of rotatable bonds is 4. The number of nitrogens with one attached hydrogen (secondary N) is 1. The van der Waals surface area contributed by atoms with E-state index in [2.05, 4.69) is 33.4 Å². The van der Waals surface area contributed by atoms with Gasteiger partial charge in [-0.3, -0.25) is 0 Å². The van der Waals surface area contributed by atoms with E-state index in [-0.39, 0.29) is 6.04 Å². The lowest BCUT2D eigenvalue weighted by atomic mass is 10.1. The smallest absolute Gasteiger partial charge is 0.111 e. The summed E-state index contributed by atoms with van der Waals surface area (Å²) in [6, 6.07) is 14.3. The third-order valence-electron chi connectivity index (χ3n) is 3.39. The lowest BCUT2D eigenvalue weighted by molar-refractivity contribution is 0.589. The lowest BCUT2D eigenvalue weighted by Crippen LogP contribution is -2.18. The Morgan fingerprint density at radius 1 is 1.29 bits per heavy atom. The molecule has 21 heavy (non-hydrogen) atoms. The normalized spacial score (nSPS) is 12.7. The van der Waals surface area contributed by atoms with E-state index in [1.807, 2.05) is 37.4 Å². The quantitative estimate of drug-likeness (QED) is 0.670. The summed E-state index contributed by atoms with van der Waals surface area (Å²) >= 11 is 11.5. The molecule has 1 aromatic heterocycles. The first-order chi connectivity index (χ1) is 10.2. The van der Waals surface area contributed by atoms with Crippen LogP contribution in [0.2, 0.25) is 5.02 Å². The molecule has 1 atom stereocenters. The summed E-state index contributed by atoms with van der Waals surface area (Å²) < 4.78 is 2.26. The first kappa shape index (κ1) is 15.0. The fraction of sp³-hybridized carbons (Fsp3) is 0.188. The van der Waals surface area contributed by atoms with Crippen LogP contribution in [0.25, 0.3) is 10.2 Å². The predicted octanol–water partition coefficient (Wildman–Crippen LogP) is 5.22. The highest BCUT2D eigenvalue weighted by molar-refractivity contribution is 9.10. The van der Waals surface area contributed by atoms with Gasteiger partial charge in [0.05, 0.1) is 16.3 Å². The van der Waals surface area contributed by atoms with E-state index >= 15 is 0 Å². The first-order valence-corrected chi connectivity index (χ1v) is 8.63. The molecule has 1 N–H and O–H groups in total. The zero-order valence-corrected chi connectivity index (χ0v) is 14.6. The first-order valence-electron chi connectivity index (χ1n) is 6.64. The molecular formula is C16H14BrClN2S. The molecule has 3 aromatic rings. The van der Waals surface area contributed by atoms with Crippen LogP contribution in [0.3, 0.4) is 0 Å². The Labute approximate surface area is 141 Å². The fourth-order valence-electron chi connectivity index (χ4n) is 2.27. The number of benzene rings is 2. The van der Waals surface area contributed by atoms with Crippen molar-refractivity contribution in [1.29, 1.82) is 0 Å². The number of hydrogen-bond donors (Lipinski definition) is 1. The van der Waals surface area contributed by atoms with Crippen molar-refractivity contribution in [1.82, 2.24) is 10.3 Å². The maximum absolute atomic E-state index is 6.30. The number of nitrogens with zero attached hydrogens (tertiary/aromatic N) is 1. The summed E-state index contributed by atoms with van der Waals surface area (Å²) in [7, 11) is 1.96. The third-order valence-corrected chi connectivity index (χ3v) is 5.40. The van der Waals surface area contributed by atoms with Gasteiger partial charge in [0, 0.05) is 9.50 Å². The van der Waals surface area contributed by atoms with Gasteiger partial charge in [-0.05, 0) is 49.4 Å². The molecule has 1 unspecified atom stereocenters. The van der Waals surface area contributed by atoms with Gasteiger partial charge in [0.1, 0.15) is 5.01 Å². The van der Waals surface area contributed by atoms with Crippen LogP contribution in [0.5, 0.6) is 0 Å². The van der Waals surface area contributed by atoms with Gasteiger partial charge < -0.3 is 5.32 Å². The van der Waals surface area contributed by atoms with Crippen molar-refractivity contribution >= 4 is 49.1 Å². The molecule has 0 fully saturated rings. The molecular weight excluding hydrogens is 368 g/mol. The minimum absolute atomic E-state index is 0.161. The van der Waals surface area contributed by atoms with E-state index < -0.39 is 0 Å². The standard InChI is InChI=1S/C16H14BrClN2S/c1-19-14(9-10-8-11(17)6-7-12(10)18)16-20-13-4-2-3-5-15(13)21-16/h2-8,14,19H,9H2,1H3. The Morgan fingerprint density at radius 2 is 2.10 bits per heavy atom. The second kappa shape index (κ2) is 6.44. The molecule has 0 saturated carbocycles. The van der Waals surface area contributed by atoms with E-state index in [0.29, 0.717) is 0 Å². The highest BCUT2D eigenvalue weighted by atomic mass is 79.9. The minimum atomic E-state index is 0.161. The predicted molar refractivity (Wildman–Crippen MR) is 94.3 cm³/mol. The van der Waals surface area contributed by atoms with Crippen molar-refractivity contribution in [3.8, 4) is 0 Å².